The van der Waals surface area contributed by atoms with Crippen LogP contribution in [0.25, 0.3) is 0 Å². The summed E-state index contributed by atoms with van der Waals surface area (Å²) in [5.41, 5.74) is 1.15. The first kappa shape index (κ1) is 21.5. The van der Waals surface area contributed by atoms with Crippen molar-refractivity contribution in [3.63, 3.8) is 0 Å². The Kier molecular flexibility index (Phi) is 7.95. The van der Waals surface area contributed by atoms with Crippen molar-refractivity contribution in [2.24, 2.45) is 4.99 Å². The van der Waals surface area contributed by atoms with E-state index in [-0.39, 0.29) is 4.75 Å². The first-order valence-corrected chi connectivity index (χ1v) is 10.6. The van der Waals surface area contributed by atoms with E-state index in [1.165, 1.54) is 0 Å². The van der Waals surface area contributed by atoms with E-state index in [9.17, 15) is 0 Å². The van der Waals surface area contributed by atoms with Crippen molar-refractivity contribution in [1.82, 2.24) is 10.6 Å². The zero-order valence-corrected chi connectivity index (χ0v) is 18.3. The van der Waals surface area contributed by atoms with E-state index < -0.39 is 0 Å². The van der Waals surface area contributed by atoms with E-state index >= 15 is 0 Å². The molecule has 0 radical (unpaired) electrons. The van der Waals surface area contributed by atoms with Crippen molar-refractivity contribution in [2.75, 3.05) is 52.1 Å². The van der Waals surface area contributed by atoms with Gasteiger partial charge in [-0.15, -0.1) is 0 Å². The summed E-state index contributed by atoms with van der Waals surface area (Å²) in [5, 5.41) is 7.03. The van der Waals surface area contributed by atoms with Crippen molar-refractivity contribution in [2.45, 2.75) is 37.5 Å². The van der Waals surface area contributed by atoms with E-state index in [0.29, 0.717) is 6.04 Å². The van der Waals surface area contributed by atoms with Gasteiger partial charge in [-0.25, -0.2) is 0 Å². The molecule has 1 aromatic carbocycles. The lowest BCUT2D eigenvalue weighted by atomic mass is 10.0. The summed E-state index contributed by atoms with van der Waals surface area (Å²) in [7, 11) is 5.20. The molecule has 0 spiro atoms. The van der Waals surface area contributed by atoms with Crippen molar-refractivity contribution >= 4 is 23.4 Å². The van der Waals surface area contributed by atoms with E-state index in [4.69, 9.17) is 9.47 Å². The molecule has 1 saturated heterocycles. The Balaban J connectivity index is 1.89. The first-order chi connectivity index (χ1) is 12.9. The number of thioether (sulfide) groups is 1. The monoisotopic (exact) mass is 394 g/mol. The fourth-order valence-electron chi connectivity index (χ4n) is 3.01. The molecule has 0 unspecified atom stereocenters. The molecule has 2 N–H and O–H groups in total. The van der Waals surface area contributed by atoms with Crippen LogP contribution in [0.2, 0.25) is 0 Å². The van der Waals surface area contributed by atoms with Crippen LogP contribution >= 0.6 is 11.8 Å². The Labute approximate surface area is 168 Å². The highest BCUT2D eigenvalue weighted by Crippen LogP contribution is 2.30. The number of nitrogens with zero attached hydrogens (tertiary/aromatic N) is 2. The van der Waals surface area contributed by atoms with Gasteiger partial charge in [0.2, 0.25) is 0 Å². The summed E-state index contributed by atoms with van der Waals surface area (Å²) in [6.07, 6.45) is 4.26. The average Bonchev–Trinajstić information content (AvgIpc) is 2.71. The predicted octanol–water partition coefficient (Wildman–Crippen LogP) is 2.98. The number of aliphatic imine (C=N–C) groups is 1. The Morgan fingerprint density at radius 2 is 1.78 bits per heavy atom. The van der Waals surface area contributed by atoms with Crippen LogP contribution in [0.5, 0.6) is 11.5 Å². The molecule has 0 atom stereocenters. The van der Waals surface area contributed by atoms with Crippen LogP contribution in [-0.2, 0) is 0 Å². The maximum Gasteiger partial charge on any atom is 0.191 e. The van der Waals surface area contributed by atoms with Gasteiger partial charge in [0.25, 0.3) is 0 Å². The zero-order chi connectivity index (χ0) is 19.9. The molecule has 1 aliphatic rings. The van der Waals surface area contributed by atoms with Crippen LogP contribution < -0.4 is 25.0 Å². The molecule has 0 amide bonds. The molecule has 0 aliphatic carbocycles. The van der Waals surface area contributed by atoms with E-state index in [1.54, 1.807) is 14.2 Å². The molecule has 1 heterocycles. The lowest BCUT2D eigenvalue weighted by Gasteiger charge is -2.35. The Hall–Kier alpha value is -1.76. The summed E-state index contributed by atoms with van der Waals surface area (Å²) in [6, 6.07) is 6.48. The van der Waals surface area contributed by atoms with Crippen molar-refractivity contribution in [3.8, 4) is 11.5 Å². The number of piperidine rings is 1. The molecule has 1 fully saturated rings. The van der Waals surface area contributed by atoms with Gasteiger partial charge in [-0.3, -0.25) is 4.99 Å². The van der Waals surface area contributed by atoms with E-state index in [0.717, 1.165) is 55.6 Å². The molecule has 0 aromatic heterocycles. The number of methoxy groups -OCH3 is 2. The van der Waals surface area contributed by atoms with Gasteiger partial charge in [0, 0.05) is 61.4 Å². The van der Waals surface area contributed by atoms with Gasteiger partial charge in [-0.1, -0.05) is 0 Å². The number of hydrogen-bond donors (Lipinski definition) is 2. The summed E-state index contributed by atoms with van der Waals surface area (Å²) < 4.78 is 11.0. The molecule has 152 valence electrons. The van der Waals surface area contributed by atoms with Crippen LogP contribution in [0.3, 0.4) is 0 Å². The SMILES string of the molecule is CN=C(NCC(C)(C)SC)NC1CCN(c2cc(OC)cc(OC)c2)CC1. The highest BCUT2D eigenvalue weighted by Gasteiger charge is 2.22. The third-order valence-electron chi connectivity index (χ3n) is 4.99. The number of ether oxygens (including phenoxy) is 2. The van der Waals surface area contributed by atoms with Gasteiger partial charge in [0.05, 0.1) is 14.2 Å². The number of rotatable bonds is 7. The van der Waals surface area contributed by atoms with Crippen LogP contribution in [-0.4, -0.2) is 63.9 Å². The van der Waals surface area contributed by atoms with Crippen molar-refractivity contribution < 1.29 is 9.47 Å². The number of hydrogen-bond acceptors (Lipinski definition) is 5. The normalized spacial score (nSPS) is 16.2. The fraction of sp³-hybridized carbons (Fsp3) is 0.650. The Morgan fingerprint density at radius 1 is 1.19 bits per heavy atom. The van der Waals surface area contributed by atoms with Gasteiger partial charge in [0.15, 0.2) is 5.96 Å². The molecule has 2 rings (SSSR count). The van der Waals surface area contributed by atoms with Gasteiger partial charge < -0.3 is 25.0 Å². The average molecular weight is 395 g/mol. The topological polar surface area (TPSA) is 58.1 Å². The minimum absolute atomic E-state index is 0.187. The largest absolute Gasteiger partial charge is 0.497 e. The number of guanidine groups is 1. The number of benzene rings is 1. The van der Waals surface area contributed by atoms with Crippen molar-refractivity contribution in [3.05, 3.63) is 18.2 Å². The fourth-order valence-corrected chi connectivity index (χ4v) is 3.23. The molecule has 27 heavy (non-hydrogen) atoms. The standard InChI is InChI=1S/C20H34N4O2S/c1-20(2,27-6)14-22-19(21-3)23-15-7-9-24(10-8-15)16-11-17(25-4)13-18(12-16)26-5/h11-13,15H,7-10,14H2,1-6H3,(H2,21,22,23). The Morgan fingerprint density at radius 3 is 2.26 bits per heavy atom. The lowest BCUT2D eigenvalue weighted by molar-refractivity contribution is 0.393. The second-order valence-electron chi connectivity index (χ2n) is 7.37. The quantitative estimate of drug-likeness (QED) is 0.548. The van der Waals surface area contributed by atoms with Crippen LogP contribution in [0.4, 0.5) is 5.69 Å². The van der Waals surface area contributed by atoms with Gasteiger partial charge >= 0.3 is 0 Å². The van der Waals surface area contributed by atoms with Gasteiger partial charge in [0.1, 0.15) is 11.5 Å². The number of nitrogens with one attached hydrogen (secondary N) is 2. The van der Waals surface area contributed by atoms with Gasteiger partial charge in [-0.05, 0) is 32.9 Å². The third kappa shape index (κ3) is 6.41. The first-order valence-electron chi connectivity index (χ1n) is 9.41. The molecule has 0 bridgehead atoms. The molecular weight excluding hydrogens is 360 g/mol. The second kappa shape index (κ2) is 9.97. The molecule has 0 saturated carbocycles. The third-order valence-corrected chi connectivity index (χ3v) is 6.24. The minimum Gasteiger partial charge on any atom is -0.497 e. The number of anilines is 1. The molecule has 1 aliphatic heterocycles. The smallest absolute Gasteiger partial charge is 0.191 e. The van der Waals surface area contributed by atoms with E-state index in [2.05, 4.69) is 52.8 Å². The molecular formula is C20H34N4O2S. The molecule has 1 aromatic rings. The van der Waals surface area contributed by atoms with Crippen LogP contribution in [0.15, 0.2) is 23.2 Å². The lowest BCUT2D eigenvalue weighted by Crippen LogP contribution is -2.50. The Bertz CT molecular complexity index is 606. The van der Waals surface area contributed by atoms with Crippen molar-refractivity contribution in [1.29, 1.82) is 0 Å². The molecule has 6 nitrogen and oxygen atoms in total. The maximum atomic E-state index is 5.40. The summed E-state index contributed by atoms with van der Waals surface area (Å²) >= 11 is 1.86. The van der Waals surface area contributed by atoms with Gasteiger partial charge in [-0.2, -0.15) is 11.8 Å². The summed E-state index contributed by atoms with van der Waals surface area (Å²) in [4.78, 5) is 6.77. The predicted molar refractivity (Wildman–Crippen MR) is 117 cm³/mol. The highest BCUT2D eigenvalue weighted by molar-refractivity contribution is 7.99. The summed E-state index contributed by atoms with van der Waals surface area (Å²) in [5.74, 6) is 2.54. The van der Waals surface area contributed by atoms with Crippen LogP contribution in [0.1, 0.15) is 26.7 Å². The maximum absolute atomic E-state index is 5.40. The van der Waals surface area contributed by atoms with E-state index in [1.807, 2.05) is 24.9 Å². The highest BCUT2D eigenvalue weighted by atomic mass is 32.2. The summed E-state index contributed by atoms with van der Waals surface area (Å²) in [6.45, 7) is 7.33. The second-order valence-corrected chi connectivity index (χ2v) is 8.88. The van der Waals surface area contributed by atoms with Crippen LogP contribution in [0, 0.1) is 0 Å². The minimum atomic E-state index is 0.187. The zero-order valence-electron chi connectivity index (χ0n) is 17.5. The molecule has 7 heteroatoms.